The van der Waals surface area contributed by atoms with Gasteiger partial charge < -0.3 is 0 Å². The van der Waals surface area contributed by atoms with Crippen LogP contribution in [0.3, 0.4) is 0 Å². The zero-order valence-corrected chi connectivity index (χ0v) is 10.1. The molecule has 2 heteroatoms. The summed E-state index contributed by atoms with van der Waals surface area (Å²) >= 11 is 0. The third kappa shape index (κ3) is 2.31. The summed E-state index contributed by atoms with van der Waals surface area (Å²) in [6, 6.07) is 9.88. The van der Waals surface area contributed by atoms with Gasteiger partial charge in [0.2, 0.25) is 0 Å². The molecule has 1 aliphatic rings. The lowest BCUT2D eigenvalue weighted by atomic mass is 9.90. The first kappa shape index (κ1) is 10.9. The van der Waals surface area contributed by atoms with Gasteiger partial charge in [-0.3, -0.25) is 4.21 Å². The van der Waals surface area contributed by atoms with Crippen molar-refractivity contribution in [1.82, 2.24) is 0 Å². The fourth-order valence-corrected chi connectivity index (χ4v) is 3.95. The minimum atomic E-state index is -0.835. The Morgan fingerprint density at radius 2 is 1.67 bits per heavy atom. The summed E-state index contributed by atoms with van der Waals surface area (Å²) in [6.45, 7) is 2.18. The summed E-state index contributed by atoms with van der Waals surface area (Å²) in [6.07, 6.45) is 5.98. The molecule has 82 valence electrons. The van der Waals surface area contributed by atoms with Gasteiger partial charge in [-0.05, 0) is 31.9 Å². The van der Waals surface area contributed by atoms with Gasteiger partial charge in [0.1, 0.15) is 0 Å². The maximum Gasteiger partial charge on any atom is 0.0589 e. The Hall–Kier alpha value is -0.630. The van der Waals surface area contributed by atoms with Crippen LogP contribution in [0.15, 0.2) is 35.2 Å². The fourth-order valence-electron chi connectivity index (χ4n) is 2.31. The summed E-state index contributed by atoms with van der Waals surface area (Å²) in [4.78, 5) is 0.988. The van der Waals surface area contributed by atoms with Crippen LogP contribution in [0.5, 0.6) is 0 Å². The molecule has 2 rings (SSSR count). The van der Waals surface area contributed by atoms with Crippen LogP contribution in [0.2, 0.25) is 0 Å². The van der Waals surface area contributed by atoms with Crippen molar-refractivity contribution < 1.29 is 4.21 Å². The molecule has 1 aromatic carbocycles. The first-order chi connectivity index (χ1) is 7.22. The van der Waals surface area contributed by atoms with Crippen LogP contribution in [0.25, 0.3) is 0 Å². The molecule has 1 fully saturated rings. The third-order valence-corrected chi connectivity index (χ3v) is 5.32. The molecule has 1 saturated carbocycles. The van der Waals surface area contributed by atoms with Crippen LogP contribution in [-0.2, 0) is 10.8 Å². The molecule has 1 nitrogen and oxygen atoms in total. The Labute approximate surface area is 94.4 Å². The molecule has 1 aliphatic carbocycles. The molecule has 0 aliphatic heterocycles. The lowest BCUT2D eigenvalue weighted by molar-refractivity contribution is 0.410. The highest BCUT2D eigenvalue weighted by atomic mass is 32.2. The molecule has 1 aromatic rings. The number of benzene rings is 1. The van der Waals surface area contributed by atoms with Gasteiger partial charge in [-0.25, -0.2) is 0 Å². The normalized spacial score (nSPS) is 22.2. The molecule has 0 amide bonds. The van der Waals surface area contributed by atoms with E-state index in [0.29, 0.717) is 0 Å². The van der Waals surface area contributed by atoms with Crippen molar-refractivity contribution in [2.24, 2.45) is 0 Å². The van der Waals surface area contributed by atoms with Crippen LogP contribution in [0.4, 0.5) is 0 Å². The Morgan fingerprint density at radius 3 is 2.27 bits per heavy atom. The third-order valence-electron chi connectivity index (χ3n) is 3.32. The summed E-state index contributed by atoms with van der Waals surface area (Å²) in [5.41, 5.74) is 0. The number of rotatable bonds is 2. The maximum absolute atomic E-state index is 12.4. The molecule has 0 aromatic heterocycles. The van der Waals surface area contributed by atoms with Gasteiger partial charge >= 0.3 is 0 Å². The first-order valence-electron chi connectivity index (χ1n) is 5.69. The summed E-state index contributed by atoms with van der Waals surface area (Å²) in [7, 11) is -0.835. The highest BCUT2D eigenvalue weighted by Gasteiger charge is 2.33. The van der Waals surface area contributed by atoms with E-state index in [9.17, 15) is 4.21 Å². The summed E-state index contributed by atoms with van der Waals surface area (Å²) < 4.78 is 12.4. The van der Waals surface area contributed by atoms with Gasteiger partial charge in [-0.2, -0.15) is 0 Å². The quantitative estimate of drug-likeness (QED) is 0.748. The molecular weight excluding hydrogens is 204 g/mol. The smallest absolute Gasteiger partial charge is 0.0589 e. The molecule has 0 spiro atoms. The maximum atomic E-state index is 12.4. The van der Waals surface area contributed by atoms with E-state index < -0.39 is 10.8 Å². The van der Waals surface area contributed by atoms with Crippen LogP contribution >= 0.6 is 0 Å². The molecule has 15 heavy (non-hydrogen) atoms. The van der Waals surface area contributed by atoms with Gasteiger partial charge in [0.15, 0.2) is 0 Å². The average Bonchev–Trinajstić information content (AvgIpc) is 2.30. The van der Waals surface area contributed by atoms with Crippen molar-refractivity contribution in [2.75, 3.05) is 0 Å². The predicted octanol–water partition coefficient (Wildman–Crippen LogP) is 3.52. The van der Waals surface area contributed by atoms with Gasteiger partial charge in [-0.1, -0.05) is 37.5 Å². The van der Waals surface area contributed by atoms with Crippen molar-refractivity contribution in [3.8, 4) is 0 Å². The van der Waals surface area contributed by atoms with Crippen molar-refractivity contribution in [2.45, 2.75) is 48.7 Å². The van der Waals surface area contributed by atoms with E-state index in [4.69, 9.17) is 0 Å². The molecular formula is C13H18OS. The highest BCUT2D eigenvalue weighted by Crippen LogP contribution is 2.35. The van der Waals surface area contributed by atoms with E-state index in [0.717, 1.165) is 17.7 Å². The minimum Gasteiger partial charge on any atom is -0.254 e. The Bertz CT molecular complexity index is 339. The Balaban J connectivity index is 2.20. The zero-order chi connectivity index (χ0) is 10.7. The van der Waals surface area contributed by atoms with E-state index in [1.165, 1.54) is 19.3 Å². The topological polar surface area (TPSA) is 17.1 Å². The molecule has 1 unspecified atom stereocenters. The van der Waals surface area contributed by atoms with Crippen molar-refractivity contribution in [3.63, 3.8) is 0 Å². The standard InChI is InChI=1S/C13H18OS/c1-13(10-6-3-7-11-13)15(14)12-8-4-2-5-9-12/h2,4-5,8-9H,3,6-7,10-11H2,1H3. The Morgan fingerprint density at radius 1 is 1.07 bits per heavy atom. The largest absolute Gasteiger partial charge is 0.254 e. The van der Waals surface area contributed by atoms with Gasteiger partial charge in [0, 0.05) is 9.64 Å². The minimum absolute atomic E-state index is 0.0135. The van der Waals surface area contributed by atoms with E-state index >= 15 is 0 Å². The molecule has 0 heterocycles. The summed E-state index contributed by atoms with van der Waals surface area (Å²) in [5.74, 6) is 0. The van der Waals surface area contributed by atoms with Crippen LogP contribution < -0.4 is 0 Å². The molecule has 0 saturated heterocycles. The molecule has 1 atom stereocenters. The van der Waals surface area contributed by atoms with Crippen molar-refractivity contribution in [1.29, 1.82) is 0 Å². The second-order valence-corrected chi connectivity index (χ2v) is 6.59. The van der Waals surface area contributed by atoms with E-state index in [-0.39, 0.29) is 4.75 Å². The highest BCUT2D eigenvalue weighted by molar-refractivity contribution is 7.86. The van der Waals surface area contributed by atoms with E-state index in [1.54, 1.807) is 0 Å². The molecule has 0 radical (unpaired) electrons. The second kappa shape index (κ2) is 4.48. The molecule has 0 N–H and O–H groups in total. The monoisotopic (exact) mass is 222 g/mol. The first-order valence-corrected chi connectivity index (χ1v) is 6.84. The Kier molecular flexibility index (Phi) is 3.25. The van der Waals surface area contributed by atoms with Gasteiger partial charge in [0.05, 0.1) is 10.8 Å². The van der Waals surface area contributed by atoms with Crippen LogP contribution in [-0.4, -0.2) is 8.96 Å². The summed E-state index contributed by atoms with van der Waals surface area (Å²) in [5, 5.41) is 0. The predicted molar refractivity (Wildman–Crippen MR) is 64.3 cm³/mol. The van der Waals surface area contributed by atoms with Crippen molar-refractivity contribution >= 4 is 10.8 Å². The number of hydrogen-bond acceptors (Lipinski definition) is 1. The average molecular weight is 222 g/mol. The van der Waals surface area contributed by atoms with Crippen LogP contribution in [0.1, 0.15) is 39.0 Å². The number of hydrogen-bond donors (Lipinski definition) is 0. The van der Waals surface area contributed by atoms with Gasteiger partial charge in [0.25, 0.3) is 0 Å². The van der Waals surface area contributed by atoms with Crippen molar-refractivity contribution in [3.05, 3.63) is 30.3 Å². The lowest BCUT2D eigenvalue weighted by Gasteiger charge is -2.32. The van der Waals surface area contributed by atoms with Gasteiger partial charge in [-0.15, -0.1) is 0 Å². The van der Waals surface area contributed by atoms with E-state index in [2.05, 4.69) is 6.92 Å². The zero-order valence-electron chi connectivity index (χ0n) is 9.24. The van der Waals surface area contributed by atoms with Crippen LogP contribution in [0, 0.1) is 0 Å². The SMILES string of the molecule is CC1(S(=O)c2ccccc2)CCCCC1. The second-order valence-electron chi connectivity index (χ2n) is 4.59. The fraction of sp³-hybridized carbons (Fsp3) is 0.538. The molecule has 0 bridgehead atoms. The lowest BCUT2D eigenvalue weighted by Crippen LogP contribution is -2.33. The van der Waals surface area contributed by atoms with E-state index in [1.807, 2.05) is 30.3 Å².